The number of imidazole rings is 1. The van der Waals surface area contributed by atoms with E-state index in [9.17, 15) is 0 Å². The molecule has 5 rings (SSSR count). The summed E-state index contributed by atoms with van der Waals surface area (Å²) in [4.78, 5) is 12.7. The molecule has 0 saturated heterocycles. The van der Waals surface area contributed by atoms with Gasteiger partial charge in [-0.25, -0.2) is 9.97 Å². The number of hydrogen-bond acceptors (Lipinski definition) is 4. The molecule has 0 N–H and O–H groups in total. The van der Waals surface area contributed by atoms with E-state index in [0.29, 0.717) is 5.92 Å². The third-order valence-corrected chi connectivity index (χ3v) is 5.69. The third kappa shape index (κ3) is 2.12. The number of rotatable bonds is 2. The molecule has 1 unspecified atom stereocenters. The van der Waals surface area contributed by atoms with Crippen LogP contribution >= 0.6 is 11.3 Å². The van der Waals surface area contributed by atoms with Gasteiger partial charge in [-0.2, -0.15) is 0 Å². The Morgan fingerprint density at radius 3 is 3.00 bits per heavy atom. The summed E-state index contributed by atoms with van der Waals surface area (Å²) in [6.07, 6.45) is 7.52. The summed E-state index contributed by atoms with van der Waals surface area (Å²) in [7, 11) is 0. The standard InChI is InChI=1S/C19H16N4S/c1-2-5-15-14(4-1)11-23(12-16(15)18-6-3-9-24-18)19-17-10-20-13-22(17)8-7-21-19/h1-10,13,16H,11-12H2. The van der Waals surface area contributed by atoms with E-state index in [0.717, 1.165) is 24.4 Å². The highest BCUT2D eigenvalue weighted by Crippen LogP contribution is 2.37. The maximum absolute atomic E-state index is 4.66. The minimum absolute atomic E-state index is 0.389. The van der Waals surface area contributed by atoms with Crippen molar-refractivity contribution in [1.29, 1.82) is 0 Å². The van der Waals surface area contributed by atoms with Crippen LogP contribution in [0.1, 0.15) is 21.9 Å². The molecule has 0 saturated carbocycles. The van der Waals surface area contributed by atoms with Gasteiger partial charge in [0.2, 0.25) is 0 Å². The fourth-order valence-corrected chi connectivity index (χ4v) is 4.42. The molecule has 3 aromatic heterocycles. The van der Waals surface area contributed by atoms with Crippen molar-refractivity contribution in [3.05, 3.63) is 82.7 Å². The van der Waals surface area contributed by atoms with Gasteiger partial charge < -0.3 is 9.30 Å². The van der Waals surface area contributed by atoms with Gasteiger partial charge in [0.1, 0.15) is 5.52 Å². The summed E-state index contributed by atoms with van der Waals surface area (Å²) in [5.41, 5.74) is 3.88. The first kappa shape index (κ1) is 13.7. The fraction of sp³-hybridized carbons (Fsp3) is 0.158. The second-order valence-corrected chi connectivity index (χ2v) is 7.06. The van der Waals surface area contributed by atoms with Crippen molar-refractivity contribution < 1.29 is 0 Å². The first-order valence-corrected chi connectivity index (χ1v) is 8.91. The molecule has 5 heteroatoms. The van der Waals surface area contributed by atoms with Crippen LogP contribution in [0.3, 0.4) is 0 Å². The minimum atomic E-state index is 0.389. The molecule has 4 heterocycles. The van der Waals surface area contributed by atoms with E-state index in [1.807, 2.05) is 40.7 Å². The molecule has 4 nitrogen and oxygen atoms in total. The zero-order valence-electron chi connectivity index (χ0n) is 13.0. The zero-order chi connectivity index (χ0) is 15.9. The van der Waals surface area contributed by atoms with Gasteiger partial charge in [-0.3, -0.25) is 0 Å². The quantitative estimate of drug-likeness (QED) is 0.557. The molecule has 0 aliphatic carbocycles. The Labute approximate surface area is 144 Å². The minimum Gasteiger partial charge on any atom is -0.350 e. The van der Waals surface area contributed by atoms with Crippen molar-refractivity contribution >= 4 is 22.7 Å². The second-order valence-electron chi connectivity index (χ2n) is 6.08. The Morgan fingerprint density at radius 2 is 2.08 bits per heavy atom. The topological polar surface area (TPSA) is 33.4 Å². The van der Waals surface area contributed by atoms with Crippen LogP contribution < -0.4 is 4.90 Å². The first-order valence-electron chi connectivity index (χ1n) is 8.03. The van der Waals surface area contributed by atoms with Crippen molar-refractivity contribution in [2.75, 3.05) is 11.4 Å². The Balaban J connectivity index is 1.63. The maximum Gasteiger partial charge on any atom is 0.154 e. The first-order chi connectivity index (χ1) is 11.9. The normalized spacial score (nSPS) is 17.2. The molecule has 0 bridgehead atoms. The maximum atomic E-state index is 4.66. The lowest BCUT2D eigenvalue weighted by Gasteiger charge is -2.35. The molecular weight excluding hydrogens is 316 g/mol. The second kappa shape index (κ2) is 5.46. The molecule has 0 radical (unpaired) electrons. The summed E-state index contributed by atoms with van der Waals surface area (Å²) < 4.78 is 2.03. The van der Waals surface area contributed by atoms with Gasteiger partial charge in [-0.15, -0.1) is 11.3 Å². The largest absolute Gasteiger partial charge is 0.350 e. The highest BCUT2D eigenvalue weighted by Gasteiger charge is 2.28. The van der Waals surface area contributed by atoms with Crippen LogP contribution in [0.15, 0.2) is 66.7 Å². The lowest BCUT2D eigenvalue weighted by Crippen LogP contribution is -2.34. The van der Waals surface area contributed by atoms with Gasteiger partial charge >= 0.3 is 0 Å². The summed E-state index contributed by atoms with van der Waals surface area (Å²) >= 11 is 1.83. The van der Waals surface area contributed by atoms with Gasteiger partial charge in [0.15, 0.2) is 5.82 Å². The Hall–Kier alpha value is -2.66. The molecule has 0 fully saturated rings. The van der Waals surface area contributed by atoms with E-state index in [1.54, 1.807) is 0 Å². The van der Waals surface area contributed by atoms with Crippen LogP contribution in [0.2, 0.25) is 0 Å². The number of benzene rings is 1. The lowest BCUT2D eigenvalue weighted by molar-refractivity contribution is 0.665. The summed E-state index contributed by atoms with van der Waals surface area (Å²) in [5, 5.41) is 2.16. The van der Waals surface area contributed by atoms with E-state index in [4.69, 9.17) is 0 Å². The van der Waals surface area contributed by atoms with Crippen LogP contribution in [-0.2, 0) is 6.54 Å². The summed E-state index contributed by atoms with van der Waals surface area (Å²) in [6, 6.07) is 13.1. The summed E-state index contributed by atoms with van der Waals surface area (Å²) in [5.74, 6) is 1.39. The van der Waals surface area contributed by atoms with Crippen molar-refractivity contribution in [3.8, 4) is 0 Å². The molecule has 0 amide bonds. The van der Waals surface area contributed by atoms with Crippen LogP contribution in [0, 0.1) is 0 Å². The van der Waals surface area contributed by atoms with E-state index >= 15 is 0 Å². The van der Waals surface area contributed by atoms with Crippen molar-refractivity contribution in [1.82, 2.24) is 14.4 Å². The van der Waals surface area contributed by atoms with Crippen LogP contribution in [0.25, 0.3) is 5.52 Å². The number of nitrogens with zero attached hydrogens (tertiary/aromatic N) is 4. The number of anilines is 1. The Kier molecular flexibility index (Phi) is 3.13. The van der Waals surface area contributed by atoms with Crippen LogP contribution in [-0.4, -0.2) is 20.9 Å². The Morgan fingerprint density at radius 1 is 1.12 bits per heavy atom. The third-order valence-electron chi connectivity index (χ3n) is 4.70. The molecule has 0 spiro atoms. The van der Waals surface area contributed by atoms with E-state index in [2.05, 4.69) is 56.6 Å². The average molecular weight is 332 g/mol. The molecule has 4 aromatic rings. The number of thiophene rings is 1. The van der Waals surface area contributed by atoms with Crippen LogP contribution in [0.4, 0.5) is 5.82 Å². The summed E-state index contributed by atoms with van der Waals surface area (Å²) in [6.45, 7) is 1.82. The lowest BCUT2D eigenvalue weighted by atomic mass is 9.88. The highest BCUT2D eigenvalue weighted by atomic mass is 32.1. The number of fused-ring (bicyclic) bond motifs is 2. The van der Waals surface area contributed by atoms with Gasteiger partial charge in [-0.05, 0) is 22.6 Å². The average Bonchev–Trinajstić information content (AvgIpc) is 3.32. The SMILES string of the molecule is c1csc(C2CN(c3nccn4cncc34)Cc3ccccc32)c1. The van der Waals surface area contributed by atoms with E-state index in [1.165, 1.54) is 16.0 Å². The predicted molar refractivity (Wildman–Crippen MR) is 96.6 cm³/mol. The monoisotopic (exact) mass is 332 g/mol. The zero-order valence-corrected chi connectivity index (χ0v) is 13.9. The number of hydrogen-bond donors (Lipinski definition) is 0. The van der Waals surface area contributed by atoms with Crippen molar-refractivity contribution in [3.63, 3.8) is 0 Å². The van der Waals surface area contributed by atoms with Gasteiger partial charge in [0.05, 0.1) is 12.5 Å². The molecular formula is C19H16N4S. The Bertz CT molecular complexity index is 989. The molecule has 118 valence electrons. The molecule has 1 atom stereocenters. The fourth-order valence-electron chi connectivity index (χ4n) is 3.58. The van der Waals surface area contributed by atoms with Crippen LogP contribution in [0.5, 0.6) is 0 Å². The van der Waals surface area contributed by atoms with Crippen molar-refractivity contribution in [2.24, 2.45) is 0 Å². The van der Waals surface area contributed by atoms with Crippen molar-refractivity contribution in [2.45, 2.75) is 12.5 Å². The smallest absolute Gasteiger partial charge is 0.154 e. The predicted octanol–water partition coefficient (Wildman–Crippen LogP) is 3.94. The molecule has 1 aromatic carbocycles. The van der Waals surface area contributed by atoms with Gasteiger partial charge in [0.25, 0.3) is 0 Å². The van der Waals surface area contributed by atoms with E-state index < -0.39 is 0 Å². The van der Waals surface area contributed by atoms with E-state index in [-0.39, 0.29) is 0 Å². The molecule has 1 aliphatic rings. The highest BCUT2D eigenvalue weighted by molar-refractivity contribution is 7.10. The van der Waals surface area contributed by atoms with Gasteiger partial charge in [-0.1, -0.05) is 30.3 Å². The molecule has 1 aliphatic heterocycles. The van der Waals surface area contributed by atoms with Gasteiger partial charge in [0, 0.05) is 36.3 Å². The molecule has 24 heavy (non-hydrogen) atoms. The number of aromatic nitrogens is 3.